The highest BCUT2D eigenvalue weighted by molar-refractivity contribution is 7.16. The van der Waals surface area contributed by atoms with Gasteiger partial charge in [-0.3, -0.25) is 19.4 Å². The number of hydrogen-bond donors (Lipinski definition) is 1. The monoisotopic (exact) mass is 492 g/mol. The van der Waals surface area contributed by atoms with Crippen LogP contribution >= 0.6 is 22.9 Å². The van der Waals surface area contributed by atoms with Crippen LogP contribution in [0, 0.1) is 0 Å². The Kier molecular flexibility index (Phi) is 7.06. The molecule has 1 aromatic heterocycles. The van der Waals surface area contributed by atoms with Gasteiger partial charge in [-0.05, 0) is 29.8 Å². The number of halogens is 1. The van der Waals surface area contributed by atoms with Gasteiger partial charge in [0.1, 0.15) is 12.6 Å². The number of fused-ring (bicyclic) bond motifs is 1. The Balaban J connectivity index is 1.33. The van der Waals surface area contributed by atoms with Gasteiger partial charge in [0.2, 0.25) is 5.91 Å². The van der Waals surface area contributed by atoms with E-state index in [4.69, 9.17) is 21.1 Å². The number of nitrogens with zero attached hydrogens (tertiary/aromatic N) is 3. The molecule has 0 bridgehead atoms. The molecule has 11 heteroatoms. The molecule has 1 atom stereocenters. The van der Waals surface area contributed by atoms with Gasteiger partial charge < -0.3 is 19.7 Å². The van der Waals surface area contributed by atoms with Gasteiger partial charge in [0.05, 0.1) is 18.6 Å². The number of urea groups is 1. The highest BCUT2D eigenvalue weighted by Gasteiger charge is 2.48. The van der Waals surface area contributed by atoms with E-state index in [0.717, 1.165) is 19.7 Å². The number of amides is 4. The summed E-state index contributed by atoms with van der Waals surface area (Å²) >= 11 is 7.51. The first-order chi connectivity index (χ1) is 15.9. The van der Waals surface area contributed by atoms with Gasteiger partial charge in [-0.25, -0.2) is 4.79 Å². The second kappa shape index (κ2) is 9.98. The molecule has 0 spiro atoms. The van der Waals surface area contributed by atoms with Crippen molar-refractivity contribution < 1.29 is 23.9 Å². The summed E-state index contributed by atoms with van der Waals surface area (Å²) in [7, 11) is 3.09. The number of carbonyl (C=O) groups is 3. The summed E-state index contributed by atoms with van der Waals surface area (Å²) < 4.78 is 11.2. The van der Waals surface area contributed by atoms with E-state index in [0.29, 0.717) is 37.7 Å². The predicted molar refractivity (Wildman–Crippen MR) is 124 cm³/mol. The molecule has 33 heavy (non-hydrogen) atoms. The van der Waals surface area contributed by atoms with Crippen LogP contribution in [0.3, 0.4) is 0 Å². The van der Waals surface area contributed by atoms with Crippen molar-refractivity contribution in [2.45, 2.75) is 19.1 Å². The Bertz CT molecular complexity index is 1060. The van der Waals surface area contributed by atoms with Crippen LogP contribution in [0.2, 0.25) is 4.34 Å². The number of nitrogens with one attached hydrogen (secondary N) is 1. The molecule has 1 unspecified atom stereocenters. The normalized spacial score (nSPS) is 18.5. The summed E-state index contributed by atoms with van der Waals surface area (Å²) in [4.78, 5) is 44.0. The van der Waals surface area contributed by atoms with Crippen LogP contribution in [-0.4, -0.2) is 79.0 Å². The molecule has 2 fully saturated rings. The predicted octanol–water partition coefficient (Wildman–Crippen LogP) is 2.18. The average Bonchev–Trinajstić information content (AvgIpc) is 3.33. The molecule has 0 saturated carbocycles. The molecule has 4 amide bonds. The zero-order valence-electron chi connectivity index (χ0n) is 18.4. The SMILES string of the molecule is COc1ccc(CNC(=O)CN2C(=O)C3CN(Cc4ccc(Cl)s4)CCN3C2=O)cc1OC. The van der Waals surface area contributed by atoms with Crippen LogP contribution in [0.1, 0.15) is 10.4 Å². The molecule has 3 heterocycles. The number of ether oxygens (including phenoxy) is 2. The molecule has 2 aliphatic heterocycles. The third-order valence-electron chi connectivity index (χ3n) is 5.74. The summed E-state index contributed by atoms with van der Waals surface area (Å²) in [5.41, 5.74) is 0.807. The smallest absolute Gasteiger partial charge is 0.328 e. The van der Waals surface area contributed by atoms with Gasteiger partial charge in [-0.2, -0.15) is 0 Å². The molecule has 2 aromatic rings. The number of thiophene rings is 1. The number of hydrogen-bond acceptors (Lipinski definition) is 7. The van der Waals surface area contributed by atoms with Crippen LogP contribution < -0.4 is 14.8 Å². The summed E-state index contributed by atoms with van der Waals surface area (Å²) in [6, 6.07) is 8.16. The van der Waals surface area contributed by atoms with E-state index in [1.54, 1.807) is 24.1 Å². The molecule has 9 nitrogen and oxygen atoms in total. The lowest BCUT2D eigenvalue weighted by Gasteiger charge is -2.35. The number of methoxy groups -OCH3 is 2. The van der Waals surface area contributed by atoms with E-state index in [1.807, 2.05) is 18.2 Å². The molecular formula is C22H25ClN4O5S. The first kappa shape index (κ1) is 23.3. The third-order valence-corrected chi connectivity index (χ3v) is 6.96. The van der Waals surface area contributed by atoms with Gasteiger partial charge in [0.15, 0.2) is 11.5 Å². The summed E-state index contributed by atoms with van der Waals surface area (Å²) in [5, 5.41) is 2.76. The van der Waals surface area contributed by atoms with Crippen molar-refractivity contribution in [1.29, 1.82) is 0 Å². The van der Waals surface area contributed by atoms with Crippen LogP contribution in [0.25, 0.3) is 0 Å². The van der Waals surface area contributed by atoms with Gasteiger partial charge >= 0.3 is 6.03 Å². The molecule has 2 saturated heterocycles. The van der Waals surface area contributed by atoms with Crippen molar-refractivity contribution in [2.75, 3.05) is 40.4 Å². The van der Waals surface area contributed by atoms with Crippen molar-refractivity contribution in [3.05, 3.63) is 45.1 Å². The number of piperazine rings is 1. The second-order valence-electron chi connectivity index (χ2n) is 7.82. The van der Waals surface area contributed by atoms with E-state index in [1.165, 1.54) is 18.4 Å². The average molecular weight is 493 g/mol. The minimum absolute atomic E-state index is 0.236. The highest BCUT2D eigenvalue weighted by atomic mass is 35.5. The summed E-state index contributed by atoms with van der Waals surface area (Å²) in [5.74, 6) is 0.403. The van der Waals surface area contributed by atoms with Gasteiger partial charge in [0, 0.05) is 37.6 Å². The van der Waals surface area contributed by atoms with E-state index in [2.05, 4.69) is 10.2 Å². The second-order valence-corrected chi connectivity index (χ2v) is 9.62. The van der Waals surface area contributed by atoms with E-state index in [-0.39, 0.29) is 19.0 Å². The largest absolute Gasteiger partial charge is 0.493 e. The van der Waals surface area contributed by atoms with E-state index >= 15 is 0 Å². The van der Waals surface area contributed by atoms with Gasteiger partial charge in [-0.1, -0.05) is 17.7 Å². The Morgan fingerprint density at radius 2 is 1.94 bits per heavy atom. The standard InChI is InChI=1S/C22H25ClN4O5S/c1-31-17-5-3-14(9-18(17)32-2)10-24-20(28)13-27-21(29)16-12-25(7-8-26(16)22(27)30)11-15-4-6-19(23)33-15/h3-6,9,16H,7-8,10-13H2,1-2H3,(H,24,28). The number of rotatable bonds is 8. The van der Waals surface area contributed by atoms with Crippen molar-refractivity contribution in [3.63, 3.8) is 0 Å². The molecule has 176 valence electrons. The molecule has 0 radical (unpaired) electrons. The maximum Gasteiger partial charge on any atom is 0.328 e. The number of carbonyl (C=O) groups excluding carboxylic acids is 3. The Morgan fingerprint density at radius 1 is 1.15 bits per heavy atom. The van der Waals surface area contributed by atoms with Gasteiger partial charge in [0.25, 0.3) is 5.91 Å². The van der Waals surface area contributed by atoms with Crippen LogP contribution in [-0.2, 0) is 22.7 Å². The lowest BCUT2D eigenvalue weighted by atomic mass is 10.2. The van der Waals surface area contributed by atoms with Crippen LogP contribution in [0.15, 0.2) is 30.3 Å². The Labute approximate surface area is 200 Å². The molecule has 4 rings (SSSR count). The zero-order valence-corrected chi connectivity index (χ0v) is 19.9. The molecule has 0 aliphatic carbocycles. The molecule has 2 aliphatic rings. The lowest BCUT2D eigenvalue weighted by Crippen LogP contribution is -2.52. The van der Waals surface area contributed by atoms with Crippen LogP contribution in [0.4, 0.5) is 4.79 Å². The lowest BCUT2D eigenvalue weighted by molar-refractivity contribution is -0.133. The first-order valence-corrected chi connectivity index (χ1v) is 11.6. The fraction of sp³-hybridized carbons (Fsp3) is 0.409. The van der Waals surface area contributed by atoms with Crippen molar-refractivity contribution in [3.8, 4) is 11.5 Å². The van der Waals surface area contributed by atoms with Crippen molar-refractivity contribution >= 4 is 40.8 Å². The maximum atomic E-state index is 12.9. The minimum Gasteiger partial charge on any atom is -0.493 e. The van der Waals surface area contributed by atoms with Gasteiger partial charge in [-0.15, -0.1) is 11.3 Å². The fourth-order valence-electron chi connectivity index (χ4n) is 4.05. The highest BCUT2D eigenvalue weighted by Crippen LogP contribution is 2.28. The quantitative estimate of drug-likeness (QED) is 0.568. The topological polar surface area (TPSA) is 91.4 Å². The maximum absolute atomic E-state index is 12.9. The van der Waals surface area contributed by atoms with Crippen LogP contribution in [0.5, 0.6) is 11.5 Å². The molecular weight excluding hydrogens is 468 g/mol. The number of imide groups is 1. The summed E-state index contributed by atoms with van der Waals surface area (Å²) in [6.45, 7) is 2.14. The fourth-order valence-corrected chi connectivity index (χ4v) is 5.18. The Morgan fingerprint density at radius 3 is 2.64 bits per heavy atom. The Hall–Kier alpha value is -2.82. The first-order valence-electron chi connectivity index (χ1n) is 10.5. The zero-order chi connectivity index (χ0) is 23.5. The minimum atomic E-state index is -0.569. The molecule has 1 aromatic carbocycles. The molecule has 1 N–H and O–H groups in total. The van der Waals surface area contributed by atoms with Crippen molar-refractivity contribution in [1.82, 2.24) is 20.0 Å². The van der Waals surface area contributed by atoms with E-state index < -0.39 is 18.0 Å². The third kappa shape index (κ3) is 5.07. The van der Waals surface area contributed by atoms with Crippen molar-refractivity contribution in [2.24, 2.45) is 0 Å². The summed E-state index contributed by atoms with van der Waals surface area (Å²) in [6.07, 6.45) is 0. The number of benzene rings is 1. The van der Waals surface area contributed by atoms with E-state index in [9.17, 15) is 14.4 Å².